The van der Waals surface area contributed by atoms with Crippen molar-refractivity contribution in [2.24, 2.45) is 0 Å². The number of rotatable bonds is 5. The normalized spacial score (nSPS) is 12.0. The van der Waals surface area contributed by atoms with E-state index in [0.717, 1.165) is 30.9 Å². The molecule has 0 aliphatic rings. The quantitative estimate of drug-likeness (QED) is 0.737. The van der Waals surface area contributed by atoms with Crippen molar-refractivity contribution in [1.29, 1.82) is 0 Å². The van der Waals surface area contributed by atoms with Gasteiger partial charge in [-0.3, -0.25) is 4.79 Å². The van der Waals surface area contributed by atoms with Gasteiger partial charge in [-0.25, -0.2) is 13.4 Å². The zero-order valence-electron chi connectivity index (χ0n) is 13.0. The fraction of sp³-hybridized carbons (Fsp3) is 0.200. The lowest BCUT2D eigenvalue weighted by molar-refractivity contribution is -0.116. The number of nitrogens with zero attached hydrogens (tertiary/aromatic N) is 2. The van der Waals surface area contributed by atoms with Gasteiger partial charge in [0, 0.05) is 12.7 Å². The molecular formula is C15H15N3O3S3. The highest BCUT2D eigenvalue weighted by Crippen LogP contribution is 2.25. The van der Waals surface area contributed by atoms with E-state index in [1.54, 1.807) is 28.8 Å². The number of carbonyl (C=O) groups excluding carboxylic acids is 1. The number of anilines is 1. The van der Waals surface area contributed by atoms with E-state index < -0.39 is 15.9 Å². The third kappa shape index (κ3) is 3.48. The molecule has 2 aromatic heterocycles. The van der Waals surface area contributed by atoms with Crippen LogP contribution < -0.4 is 5.32 Å². The highest BCUT2D eigenvalue weighted by Gasteiger charge is 2.23. The molecule has 0 unspecified atom stereocenters. The van der Waals surface area contributed by atoms with Gasteiger partial charge >= 0.3 is 0 Å². The molecule has 0 atom stereocenters. The molecule has 3 rings (SSSR count). The molecule has 0 aliphatic carbocycles. The lowest BCUT2D eigenvalue weighted by atomic mass is 10.3. The Morgan fingerprint density at radius 1 is 1.33 bits per heavy atom. The second-order valence-corrected chi connectivity index (χ2v) is 9.61. The number of benzene rings is 1. The van der Waals surface area contributed by atoms with Crippen LogP contribution in [-0.4, -0.2) is 37.2 Å². The molecule has 0 saturated heterocycles. The number of aryl methyl sites for hydroxylation is 1. The Hall–Kier alpha value is -1.81. The number of hydrogen-bond donors (Lipinski definition) is 1. The van der Waals surface area contributed by atoms with Gasteiger partial charge in [0.2, 0.25) is 5.91 Å². The molecule has 0 aliphatic heterocycles. The molecule has 0 radical (unpaired) electrons. The van der Waals surface area contributed by atoms with Crippen molar-refractivity contribution in [3.05, 3.63) is 40.7 Å². The Morgan fingerprint density at radius 2 is 2.12 bits per heavy atom. The third-order valence-corrected chi connectivity index (χ3v) is 7.42. The van der Waals surface area contributed by atoms with Crippen LogP contribution in [0.15, 0.2) is 39.9 Å². The number of nitrogens with one attached hydrogen (secondary N) is 1. The van der Waals surface area contributed by atoms with E-state index in [4.69, 9.17) is 0 Å². The number of carbonyl (C=O) groups is 1. The van der Waals surface area contributed by atoms with Crippen molar-refractivity contribution >= 4 is 54.5 Å². The van der Waals surface area contributed by atoms with Gasteiger partial charge in [0.15, 0.2) is 0 Å². The number of thiophene rings is 1. The molecule has 1 amide bonds. The predicted octanol–water partition coefficient (Wildman–Crippen LogP) is 2.93. The van der Waals surface area contributed by atoms with Gasteiger partial charge in [-0.2, -0.15) is 4.31 Å². The first-order valence-corrected chi connectivity index (χ1v) is 10.2. The summed E-state index contributed by atoms with van der Waals surface area (Å²) in [5.74, 6) is -0.391. The minimum absolute atomic E-state index is 0.222. The summed E-state index contributed by atoms with van der Waals surface area (Å²) >= 11 is 2.67. The van der Waals surface area contributed by atoms with Crippen molar-refractivity contribution in [3.63, 3.8) is 0 Å². The second-order valence-electron chi connectivity index (χ2n) is 5.16. The molecule has 1 N–H and O–H groups in total. The number of hydrogen-bond acceptors (Lipinski definition) is 6. The van der Waals surface area contributed by atoms with Gasteiger partial charge in [-0.1, -0.05) is 6.07 Å². The molecular weight excluding hydrogens is 366 g/mol. The Morgan fingerprint density at radius 3 is 2.83 bits per heavy atom. The van der Waals surface area contributed by atoms with Gasteiger partial charge in [0.1, 0.15) is 4.21 Å². The highest BCUT2D eigenvalue weighted by atomic mass is 32.2. The number of thiazole rings is 1. The zero-order valence-corrected chi connectivity index (χ0v) is 15.5. The molecule has 0 saturated carbocycles. The first kappa shape index (κ1) is 17.0. The van der Waals surface area contributed by atoms with Gasteiger partial charge < -0.3 is 5.32 Å². The van der Waals surface area contributed by atoms with Crippen LogP contribution in [0.25, 0.3) is 10.2 Å². The summed E-state index contributed by atoms with van der Waals surface area (Å²) < 4.78 is 26.9. The van der Waals surface area contributed by atoms with E-state index in [0.29, 0.717) is 5.69 Å². The lowest BCUT2D eigenvalue weighted by Crippen LogP contribution is -2.34. The Labute approximate surface area is 147 Å². The number of likely N-dealkylation sites (N-methyl/N-ethyl adjacent to an activating group) is 1. The van der Waals surface area contributed by atoms with Gasteiger partial charge in [-0.05, 0) is 36.6 Å². The fourth-order valence-corrected chi connectivity index (χ4v) is 5.36. The van der Waals surface area contributed by atoms with E-state index in [9.17, 15) is 13.2 Å². The summed E-state index contributed by atoms with van der Waals surface area (Å²) in [6.45, 7) is 1.67. The van der Waals surface area contributed by atoms with Crippen LogP contribution in [0, 0.1) is 6.92 Å². The average Bonchev–Trinajstić information content (AvgIpc) is 3.15. The summed E-state index contributed by atoms with van der Waals surface area (Å²) in [6.07, 6.45) is 0. The second kappa shape index (κ2) is 6.60. The summed E-state index contributed by atoms with van der Waals surface area (Å²) in [5, 5.41) is 5.37. The van der Waals surface area contributed by atoms with Gasteiger partial charge in [-0.15, -0.1) is 22.7 Å². The minimum Gasteiger partial charge on any atom is -0.325 e. The van der Waals surface area contributed by atoms with E-state index in [1.165, 1.54) is 13.1 Å². The number of sulfonamides is 1. The van der Waals surface area contributed by atoms with Crippen LogP contribution in [-0.2, 0) is 14.8 Å². The molecule has 0 spiro atoms. The van der Waals surface area contributed by atoms with Crippen molar-refractivity contribution < 1.29 is 13.2 Å². The topological polar surface area (TPSA) is 79.4 Å². The molecule has 126 valence electrons. The maximum absolute atomic E-state index is 12.3. The lowest BCUT2D eigenvalue weighted by Gasteiger charge is -2.15. The van der Waals surface area contributed by atoms with Crippen LogP contribution >= 0.6 is 22.7 Å². The van der Waals surface area contributed by atoms with Crippen LogP contribution in [0.4, 0.5) is 5.69 Å². The molecule has 0 fully saturated rings. The largest absolute Gasteiger partial charge is 0.325 e. The molecule has 24 heavy (non-hydrogen) atoms. The summed E-state index contributed by atoms with van der Waals surface area (Å²) in [4.78, 5) is 16.5. The first-order valence-electron chi connectivity index (χ1n) is 7.03. The monoisotopic (exact) mass is 381 g/mol. The van der Waals surface area contributed by atoms with Gasteiger partial charge in [0.25, 0.3) is 10.0 Å². The SMILES string of the molecule is Cc1nc2ccc(NC(=O)CN(C)S(=O)(=O)c3cccs3)cc2s1. The van der Waals surface area contributed by atoms with Crippen molar-refractivity contribution in [2.75, 3.05) is 18.9 Å². The standard InChI is InChI=1S/C15H15N3O3S3/c1-10-16-12-6-5-11(8-13(12)23-10)17-14(19)9-18(2)24(20,21)15-4-3-7-22-15/h3-8H,9H2,1-2H3,(H,17,19). The fourth-order valence-electron chi connectivity index (χ4n) is 2.17. The smallest absolute Gasteiger partial charge is 0.252 e. The van der Waals surface area contributed by atoms with Crippen molar-refractivity contribution in [1.82, 2.24) is 9.29 Å². The summed E-state index contributed by atoms with van der Waals surface area (Å²) in [5.41, 5.74) is 1.51. The van der Waals surface area contributed by atoms with Crippen LogP contribution in [0.2, 0.25) is 0 Å². The molecule has 0 bridgehead atoms. The van der Waals surface area contributed by atoms with E-state index in [1.807, 2.05) is 19.1 Å². The first-order chi connectivity index (χ1) is 11.4. The molecule has 2 heterocycles. The number of amides is 1. The van der Waals surface area contributed by atoms with Crippen molar-refractivity contribution in [3.8, 4) is 0 Å². The maximum Gasteiger partial charge on any atom is 0.252 e. The summed E-state index contributed by atoms with van der Waals surface area (Å²) in [6, 6.07) is 8.62. The Kier molecular flexibility index (Phi) is 4.68. The van der Waals surface area contributed by atoms with E-state index in [2.05, 4.69) is 10.3 Å². The molecule has 6 nitrogen and oxygen atoms in total. The molecule has 1 aromatic carbocycles. The van der Waals surface area contributed by atoms with Crippen LogP contribution in [0.3, 0.4) is 0 Å². The highest BCUT2D eigenvalue weighted by molar-refractivity contribution is 7.91. The van der Waals surface area contributed by atoms with E-state index >= 15 is 0 Å². The number of aromatic nitrogens is 1. The van der Waals surface area contributed by atoms with Crippen LogP contribution in [0.5, 0.6) is 0 Å². The Balaban J connectivity index is 1.70. The predicted molar refractivity (Wildman–Crippen MR) is 97.1 cm³/mol. The van der Waals surface area contributed by atoms with Gasteiger partial charge in [0.05, 0.1) is 21.8 Å². The minimum atomic E-state index is -3.63. The third-order valence-electron chi connectivity index (χ3n) is 3.31. The molecule has 9 heteroatoms. The zero-order chi connectivity index (χ0) is 17.3. The van der Waals surface area contributed by atoms with Crippen molar-refractivity contribution in [2.45, 2.75) is 11.1 Å². The number of fused-ring (bicyclic) bond motifs is 1. The van der Waals surface area contributed by atoms with E-state index in [-0.39, 0.29) is 10.8 Å². The maximum atomic E-state index is 12.3. The summed E-state index contributed by atoms with van der Waals surface area (Å²) in [7, 11) is -2.24. The molecule has 3 aromatic rings. The Bertz CT molecular complexity index is 978. The average molecular weight is 382 g/mol. The van der Waals surface area contributed by atoms with Crippen LogP contribution in [0.1, 0.15) is 5.01 Å².